The van der Waals surface area contributed by atoms with E-state index in [1.54, 1.807) is 19.2 Å². The number of piperidine rings is 2. The molecular formula is C24H35Br2FN4O2. The van der Waals surface area contributed by atoms with Gasteiger partial charge in [-0.2, -0.15) is 4.39 Å². The predicted molar refractivity (Wildman–Crippen MR) is 137 cm³/mol. The van der Waals surface area contributed by atoms with Gasteiger partial charge in [0, 0.05) is 58.6 Å². The van der Waals surface area contributed by atoms with Crippen LogP contribution >= 0.6 is 31.9 Å². The first-order chi connectivity index (χ1) is 15.7. The van der Waals surface area contributed by atoms with Crippen molar-refractivity contribution in [3.05, 3.63) is 50.5 Å². The smallest absolute Gasteiger partial charge is 0.217 e. The van der Waals surface area contributed by atoms with Gasteiger partial charge >= 0.3 is 0 Å². The molecule has 0 atom stereocenters. The zero-order valence-corrected chi connectivity index (χ0v) is 23.1. The Kier molecular flexibility index (Phi) is 12.2. The average Bonchev–Trinajstić information content (AvgIpc) is 2.80. The van der Waals surface area contributed by atoms with Gasteiger partial charge in [-0.3, -0.25) is 0 Å². The third-order valence-electron chi connectivity index (χ3n) is 5.80. The molecule has 0 aliphatic carbocycles. The number of aliphatic hydroxyl groups excluding tert-OH is 1. The third kappa shape index (κ3) is 9.94. The molecule has 9 heteroatoms. The lowest BCUT2D eigenvalue weighted by Crippen LogP contribution is -2.35. The van der Waals surface area contributed by atoms with E-state index in [1.807, 2.05) is 13.0 Å². The second-order valence-corrected chi connectivity index (χ2v) is 10.3. The molecule has 2 fully saturated rings. The zero-order chi connectivity index (χ0) is 24.4. The van der Waals surface area contributed by atoms with Gasteiger partial charge in [-0.1, -0.05) is 31.9 Å². The monoisotopic (exact) mass is 588 g/mol. The summed E-state index contributed by atoms with van der Waals surface area (Å²) in [5.41, 5.74) is 1.64. The molecule has 4 rings (SSSR count). The molecule has 0 aromatic carbocycles. The SMILES string of the molecule is CN1CCC(O)CC1.Cc1c(Br)ccnc1F.Cc1c(Br)ccnc1OC1CCN(C)CC1. The largest absolute Gasteiger partial charge is 0.474 e. The van der Waals surface area contributed by atoms with Gasteiger partial charge in [0.2, 0.25) is 11.8 Å². The second kappa shape index (κ2) is 14.3. The first-order valence-electron chi connectivity index (χ1n) is 11.3. The summed E-state index contributed by atoms with van der Waals surface area (Å²) in [4.78, 5) is 12.3. The van der Waals surface area contributed by atoms with Crippen molar-refractivity contribution in [2.45, 2.75) is 51.7 Å². The lowest BCUT2D eigenvalue weighted by atomic mass is 10.1. The standard InChI is InChI=1S/C12H17BrN2O.C6H5BrFN.C6H13NO/c1-9-11(13)3-6-14-12(9)16-10-4-7-15(2)8-5-10;1-4-5(7)2-3-9-6(4)8;1-7-4-2-6(8)3-5-7/h3,6,10H,4-5,7-8H2,1-2H3;2-3H,1H3;6,8H,2-5H2,1H3. The van der Waals surface area contributed by atoms with Crippen LogP contribution < -0.4 is 4.74 Å². The maximum atomic E-state index is 12.4. The predicted octanol–water partition coefficient (Wildman–Crippen LogP) is 4.99. The Morgan fingerprint density at radius 2 is 1.36 bits per heavy atom. The summed E-state index contributed by atoms with van der Waals surface area (Å²) < 4.78 is 20.2. The molecule has 0 radical (unpaired) electrons. The fourth-order valence-corrected chi connectivity index (χ4v) is 3.93. The molecule has 2 aromatic rings. The first-order valence-corrected chi connectivity index (χ1v) is 12.9. The van der Waals surface area contributed by atoms with Crippen LogP contribution in [0.3, 0.4) is 0 Å². The van der Waals surface area contributed by atoms with E-state index in [1.165, 1.54) is 6.20 Å². The van der Waals surface area contributed by atoms with Gasteiger partial charge < -0.3 is 19.6 Å². The highest BCUT2D eigenvalue weighted by Gasteiger charge is 2.19. The highest BCUT2D eigenvalue weighted by molar-refractivity contribution is 9.10. The quantitative estimate of drug-likeness (QED) is 0.498. The van der Waals surface area contributed by atoms with Crippen molar-refractivity contribution in [2.75, 3.05) is 40.3 Å². The maximum absolute atomic E-state index is 12.4. The Labute approximate surface area is 213 Å². The highest BCUT2D eigenvalue weighted by atomic mass is 79.9. The van der Waals surface area contributed by atoms with Crippen molar-refractivity contribution in [1.29, 1.82) is 0 Å². The number of hydrogen-bond acceptors (Lipinski definition) is 6. The van der Waals surface area contributed by atoms with Crippen molar-refractivity contribution in [2.24, 2.45) is 0 Å². The molecule has 0 unspecified atom stereocenters. The Balaban J connectivity index is 0.000000192. The number of hydrogen-bond donors (Lipinski definition) is 1. The molecule has 0 amide bonds. The van der Waals surface area contributed by atoms with Crippen molar-refractivity contribution in [3.63, 3.8) is 0 Å². The topological polar surface area (TPSA) is 61.7 Å². The van der Waals surface area contributed by atoms with Gasteiger partial charge in [-0.15, -0.1) is 0 Å². The van der Waals surface area contributed by atoms with E-state index < -0.39 is 5.95 Å². The molecule has 2 aliphatic heterocycles. The molecule has 0 saturated carbocycles. The molecule has 2 aromatic heterocycles. The minimum atomic E-state index is -0.413. The summed E-state index contributed by atoms with van der Waals surface area (Å²) in [6.45, 7) is 8.03. The average molecular weight is 590 g/mol. The van der Waals surface area contributed by atoms with Crippen molar-refractivity contribution in [3.8, 4) is 5.88 Å². The normalized spacial score (nSPS) is 18.1. The van der Waals surface area contributed by atoms with E-state index in [0.29, 0.717) is 11.7 Å². The van der Waals surface area contributed by atoms with E-state index in [-0.39, 0.29) is 6.10 Å². The van der Waals surface area contributed by atoms with E-state index in [2.05, 4.69) is 65.7 Å². The van der Waals surface area contributed by atoms with Gasteiger partial charge in [0.1, 0.15) is 6.10 Å². The van der Waals surface area contributed by atoms with Crippen molar-refractivity contribution in [1.82, 2.24) is 19.8 Å². The van der Waals surface area contributed by atoms with Crippen LogP contribution in [0.5, 0.6) is 5.88 Å². The van der Waals surface area contributed by atoms with Crippen LogP contribution in [0.15, 0.2) is 33.5 Å². The van der Waals surface area contributed by atoms with Gasteiger partial charge in [-0.05, 0) is 65.8 Å². The van der Waals surface area contributed by atoms with Gasteiger partial charge in [0.05, 0.1) is 6.10 Å². The second-order valence-electron chi connectivity index (χ2n) is 8.59. The van der Waals surface area contributed by atoms with E-state index in [0.717, 1.165) is 72.3 Å². The lowest BCUT2D eigenvalue weighted by molar-refractivity contribution is 0.0942. The molecule has 0 spiro atoms. The summed E-state index contributed by atoms with van der Waals surface area (Å²) in [6, 6.07) is 3.65. The number of aliphatic hydroxyl groups is 1. The van der Waals surface area contributed by atoms with Crippen LogP contribution in [-0.2, 0) is 0 Å². The highest BCUT2D eigenvalue weighted by Crippen LogP contribution is 2.25. The minimum Gasteiger partial charge on any atom is -0.474 e. The number of pyridine rings is 2. The van der Waals surface area contributed by atoms with E-state index >= 15 is 0 Å². The summed E-state index contributed by atoms with van der Waals surface area (Å²) in [7, 11) is 4.24. The minimum absolute atomic E-state index is 0.0220. The number of halogens is 3. The van der Waals surface area contributed by atoms with Crippen LogP contribution in [0.1, 0.15) is 36.8 Å². The Hall–Kier alpha value is -1.13. The first kappa shape index (κ1) is 28.1. The lowest BCUT2D eigenvalue weighted by Gasteiger charge is -2.29. The van der Waals surface area contributed by atoms with E-state index in [4.69, 9.17) is 9.84 Å². The van der Waals surface area contributed by atoms with Crippen molar-refractivity contribution >= 4 is 31.9 Å². The summed E-state index contributed by atoms with van der Waals surface area (Å²) >= 11 is 6.66. The van der Waals surface area contributed by atoms with E-state index in [9.17, 15) is 4.39 Å². The molecule has 184 valence electrons. The van der Waals surface area contributed by atoms with Crippen LogP contribution in [0, 0.1) is 19.8 Å². The number of nitrogens with zero attached hydrogens (tertiary/aromatic N) is 4. The fraction of sp³-hybridized carbons (Fsp3) is 0.583. The summed E-state index contributed by atoms with van der Waals surface area (Å²) in [5, 5.41) is 9.00. The van der Waals surface area contributed by atoms with Crippen LogP contribution in [0.2, 0.25) is 0 Å². The number of rotatable bonds is 2. The Bertz CT molecular complexity index is 828. The molecule has 6 nitrogen and oxygen atoms in total. The molecule has 33 heavy (non-hydrogen) atoms. The van der Waals surface area contributed by atoms with Crippen LogP contribution in [0.4, 0.5) is 4.39 Å². The molecule has 0 bridgehead atoms. The molecular weight excluding hydrogens is 555 g/mol. The molecule has 1 N–H and O–H groups in total. The molecule has 2 saturated heterocycles. The van der Waals surface area contributed by atoms with Crippen LogP contribution in [0.25, 0.3) is 0 Å². The number of aromatic nitrogens is 2. The van der Waals surface area contributed by atoms with Gasteiger partial charge in [-0.25, -0.2) is 9.97 Å². The Morgan fingerprint density at radius 3 is 1.85 bits per heavy atom. The summed E-state index contributed by atoms with van der Waals surface area (Å²) in [5.74, 6) is 0.355. The molecule has 2 aliphatic rings. The van der Waals surface area contributed by atoms with Crippen molar-refractivity contribution < 1.29 is 14.2 Å². The fourth-order valence-electron chi connectivity index (χ4n) is 3.36. The zero-order valence-electron chi connectivity index (χ0n) is 19.9. The number of likely N-dealkylation sites (tertiary alicyclic amines) is 2. The van der Waals surface area contributed by atoms with Crippen LogP contribution in [-0.4, -0.2) is 77.4 Å². The Morgan fingerprint density at radius 1 is 0.879 bits per heavy atom. The number of ether oxygens (including phenoxy) is 1. The van der Waals surface area contributed by atoms with Gasteiger partial charge in [0.25, 0.3) is 0 Å². The van der Waals surface area contributed by atoms with Gasteiger partial charge in [0.15, 0.2) is 0 Å². The summed E-state index contributed by atoms with van der Waals surface area (Å²) in [6.07, 6.45) is 7.58. The maximum Gasteiger partial charge on any atom is 0.217 e. The molecule has 4 heterocycles. The third-order valence-corrected chi connectivity index (χ3v) is 7.52.